The van der Waals surface area contributed by atoms with Gasteiger partial charge in [-0.05, 0) is 44.3 Å². The maximum absolute atomic E-state index is 12.9. The van der Waals surface area contributed by atoms with E-state index in [1.807, 2.05) is 25.9 Å². The van der Waals surface area contributed by atoms with Gasteiger partial charge in [-0.1, -0.05) is 25.1 Å². The van der Waals surface area contributed by atoms with Crippen molar-refractivity contribution in [1.82, 2.24) is 14.8 Å². The minimum absolute atomic E-state index is 0.0689. The van der Waals surface area contributed by atoms with E-state index in [0.29, 0.717) is 36.6 Å². The van der Waals surface area contributed by atoms with Crippen LogP contribution in [0.5, 0.6) is 5.75 Å². The molecule has 0 spiro atoms. The molecule has 0 radical (unpaired) electrons. The first-order valence-electron chi connectivity index (χ1n) is 10.00. The molecule has 1 amide bonds. The van der Waals surface area contributed by atoms with Gasteiger partial charge in [0, 0.05) is 31.0 Å². The molecule has 3 rings (SSSR count). The molecule has 7 nitrogen and oxygen atoms in total. The predicted octanol–water partition coefficient (Wildman–Crippen LogP) is 2.85. The Morgan fingerprint density at radius 1 is 1.23 bits per heavy atom. The fourth-order valence-corrected chi connectivity index (χ4v) is 3.41. The number of rotatable bonds is 8. The summed E-state index contributed by atoms with van der Waals surface area (Å²) >= 11 is 0. The number of carbonyl (C=O) groups is 2. The lowest BCUT2D eigenvalue weighted by molar-refractivity contribution is -0.140. The standard InChI is InChI=1S/C23H27N3O4/c1-4-13-30-18-9-5-7-16(14-18)21(27)19-20(17-8-6-10-24-15-17)26(12-11-25(2)3)23(29)22(19)28/h5-10,14-15,20,27H,4,11-13H2,1-3H3. The number of carbonyl (C=O) groups excluding carboxylic acids is 2. The first-order chi connectivity index (χ1) is 14.4. The molecule has 1 aromatic heterocycles. The van der Waals surface area contributed by atoms with E-state index < -0.39 is 17.7 Å². The molecule has 1 atom stereocenters. The summed E-state index contributed by atoms with van der Waals surface area (Å²) in [6.45, 7) is 3.50. The Morgan fingerprint density at radius 3 is 2.70 bits per heavy atom. The highest BCUT2D eigenvalue weighted by atomic mass is 16.5. The molecule has 1 aromatic carbocycles. The van der Waals surface area contributed by atoms with Crippen LogP contribution >= 0.6 is 0 Å². The Morgan fingerprint density at radius 2 is 2.03 bits per heavy atom. The quantitative estimate of drug-likeness (QED) is 0.410. The number of aromatic nitrogens is 1. The van der Waals surface area contributed by atoms with Crippen molar-refractivity contribution >= 4 is 17.4 Å². The summed E-state index contributed by atoms with van der Waals surface area (Å²) in [6, 6.07) is 9.78. The van der Waals surface area contributed by atoms with Crippen LogP contribution in [-0.2, 0) is 9.59 Å². The first-order valence-corrected chi connectivity index (χ1v) is 10.00. The normalized spacial score (nSPS) is 18.3. The highest BCUT2D eigenvalue weighted by molar-refractivity contribution is 6.46. The van der Waals surface area contributed by atoms with Crippen LogP contribution in [0.1, 0.15) is 30.5 Å². The van der Waals surface area contributed by atoms with Crippen LogP contribution in [-0.4, -0.2) is 65.4 Å². The second-order valence-electron chi connectivity index (χ2n) is 7.46. The van der Waals surface area contributed by atoms with Crippen LogP contribution in [0.15, 0.2) is 54.4 Å². The van der Waals surface area contributed by atoms with Crippen LogP contribution in [0.3, 0.4) is 0 Å². The summed E-state index contributed by atoms with van der Waals surface area (Å²) in [5, 5.41) is 11.1. The summed E-state index contributed by atoms with van der Waals surface area (Å²) in [5.41, 5.74) is 1.18. The molecule has 1 unspecified atom stereocenters. The number of likely N-dealkylation sites (tertiary alicyclic amines) is 1. The van der Waals surface area contributed by atoms with Crippen molar-refractivity contribution in [3.05, 3.63) is 65.5 Å². The van der Waals surface area contributed by atoms with Gasteiger partial charge in [-0.2, -0.15) is 0 Å². The molecule has 1 fully saturated rings. The van der Waals surface area contributed by atoms with Crippen LogP contribution < -0.4 is 4.74 Å². The number of hydrogen-bond donors (Lipinski definition) is 1. The summed E-state index contributed by atoms with van der Waals surface area (Å²) in [5.74, 6) is -0.928. The predicted molar refractivity (Wildman–Crippen MR) is 114 cm³/mol. The topological polar surface area (TPSA) is 83.0 Å². The third-order valence-electron chi connectivity index (χ3n) is 4.91. The second kappa shape index (κ2) is 9.54. The van der Waals surface area contributed by atoms with E-state index in [9.17, 15) is 14.7 Å². The lowest BCUT2D eigenvalue weighted by atomic mass is 9.96. The Hall–Kier alpha value is -3.19. The van der Waals surface area contributed by atoms with Gasteiger partial charge in [-0.15, -0.1) is 0 Å². The summed E-state index contributed by atoms with van der Waals surface area (Å²) in [4.78, 5) is 33.3. The molecule has 2 aromatic rings. The lowest BCUT2D eigenvalue weighted by Gasteiger charge is -2.26. The van der Waals surface area contributed by atoms with Gasteiger partial charge in [0.05, 0.1) is 18.2 Å². The number of aliphatic hydroxyl groups excluding tert-OH is 1. The number of hydrogen-bond acceptors (Lipinski definition) is 6. The van der Waals surface area contributed by atoms with Gasteiger partial charge in [0.2, 0.25) is 0 Å². The Labute approximate surface area is 176 Å². The number of amides is 1. The Balaban J connectivity index is 2.07. The van der Waals surface area contributed by atoms with Crippen molar-refractivity contribution in [2.24, 2.45) is 0 Å². The summed E-state index contributed by atoms with van der Waals surface area (Å²) in [7, 11) is 3.80. The SMILES string of the molecule is CCCOc1cccc(C(O)=C2C(=O)C(=O)N(CCN(C)C)C2c2cccnc2)c1. The number of aliphatic hydroxyl groups is 1. The van der Waals surface area contributed by atoms with Crippen LogP contribution in [0.2, 0.25) is 0 Å². The van der Waals surface area contributed by atoms with Gasteiger partial charge in [-0.3, -0.25) is 14.6 Å². The molecule has 1 aliphatic heterocycles. The molecular formula is C23H27N3O4. The average molecular weight is 409 g/mol. The Bertz CT molecular complexity index is 940. The molecule has 1 aliphatic rings. The second-order valence-corrected chi connectivity index (χ2v) is 7.46. The van der Waals surface area contributed by atoms with Crippen molar-refractivity contribution in [3.63, 3.8) is 0 Å². The zero-order valence-corrected chi connectivity index (χ0v) is 17.5. The molecule has 7 heteroatoms. The highest BCUT2D eigenvalue weighted by Crippen LogP contribution is 2.39. The van der Waals surface area contributed by atoms with E-state index in [0.717, 1.165) is 6.42 Å². The van der Waals surface area contributed by atoms with Crippen molar-refractivity contribution in [2.75, 3.05) is 33.8 Å². The zero-order chi connectivity index (χ0) is 21.7. The maximum Gasteiger partial charge on any atom is 0.295 e. The molecule has 30 heavy (non-hydrogen) atoms. The van der Waals surface area contributed by atoms with Gasteiger partial charge in [0.15, 0.2) is 0 Å². The van der Waals surface area contributed by atoms with E-state index in [4.69, 9.17) is 4.74 Å². The number of likely N-dealkylation sites (N-methyl/N-ethyl adjacent to an activating group) is 1. The molecule has 1 saturated heterocycles. The monoisotopic (exact) mass is 409 g/mol. The van der Waals surface area contributed by atoms with Gasteiger partial charge in [-0.25, -0.2) is 0 Å². The largest absolute Gasteiger partial charge is 0.507 e. The van der Waals surface area contributed by atoms with Gasteiger partial charge >= 0.3 is 0 Å². The molecular weight excluding hydrogens is 382 g/mol. The van der Waals surface area contributed by atoms with Crippen LogP contribution in [0.25, 0.3) is 5.76 Å². The molecule has 2 heterocycles. The van der Waals surface area contributed by atoms with E-state index in [2.05, 4.69) is 4.98 Å². The number of ether oxygens (including phenoxy) is 1. The van der Waals surface area contributed by atoms with Gasteiger partial charge in [0.25, 0.3) is 11.7 Å². The van der Waals surface area contributed by atoms with Gasteiger partial charge in [0.1, 0.15) is 11.5 Å². The first kappa shape index (κ1) is 21.5. The summed E-state index contributed by atoms with van der Waals surface area (Å²) < 4.78 is 5.64. The lowest BCUT2D eigenvalue weighted by Crippen LogP contribution is -2.35. The zero-order valence-electron chi connectivity index (χ0n) is 17.5. The molecule has 1 N–H and O–H groups in total. The number of nitrogens with zero attached hydrogens (tertiary/aromatic N) is 3. The fourth-order valence-electron chi connectivity index (χ4n) is 3.41. The van der Waals surface area contributed by atoms with E-state index in [-0.39, 0.29) is 11.3 Å². The summed E-state index contributed by atoms with van der Waals surface area (Å²) in [6.07, 6.45) is 4.10. The number of Topliss-reactive ketones (excluding diaryl/α,β-unsaturated/α-hetero) is 1. The number of benzene rings is 1. The molecule has 0 bridgehead atoms. The Kier molecular flexibility index (Phi) is 6.84. The van der Waals surface area contributed by atoms with Crippen molar-refractivity contribution in [1.29, 1.82) is 0 Å². The molecule has 158 valence electrons. The van der Waals surface area contributed by atoms with Crippen molar-refractivity contribution in [3.8, 4) is 5.75 Å². The van der Waals surface area contributed by atoms with E-state index in [1.54, 1.807) is 48.8 Å². The minimum atomic E-state index is -0.695. The molecule has 0 saturated carbocycles. The number of pyridine rings is 1. The highest BCUT2D eigenvalue weighted by Gasteiger charge is 2.46. The van der Waals surface area contributed by atoms with Crippen molar-refractivity contribution < 1.29 is 19.4 Å². The van der Waals surface area contributed by atoms with E-state index >= 15 is 0 Å². The van der Waals surface area contributed by atoms with E-state index in [1.165, 1.54) is 4.90 Å². The smallest absolute Gasteiger partial charge is 0.295 e. The minimum Gasteiger partial charge on any atom is -0.507 e. The van der Waals surface area contributed by atoms with Crippen LogP contribution in [0.4, 0.5) is 0 Å². The maximum atomic E-state index is 12.9. The van der Waals surface area contributed by atoms with Crippen molar-refractivity contribution in [2.45, 2.75) is 19.4 Å². The molecule has 0 aliphatic carbocycles. The number of ketones is 1. The third kappa shape index (κ3) is 4.52. The van der Waals surface area contributed by atoms with Crippen LogP contribution in [0, 0.1) is 0 Å². The third-order valence-corrected chi connectivity index (χ3v) is 4.91. The van der Waals surface area contributed by atoms with Gasteiger partial charge < -0.3 is 19.6 Å². The average Bonchev–Trinajstić information content (AvgIpc) is 3.01. The fraction of sp³-hybridized carbons (Fsp3) is 0.348.